The van der Waals surface area contributed by atoms with Crippen LogP contribution in [0, 0.1) is 0 Å². The Hall–Kier alpha value is -0.170. The predicted molar refractivity (Wildman–Crippen MR) is 103 cm³/mol. The summed E-state index contributed by atoms with van der Waals surface area (Å²) in [4.78, 5) is 0. The van der Waals surface area contributed by atoms with Gasteiger partial charge in [-0.1, -0.05) is 64.7 Å². The Balaban J connectivity index is 0. The third-order valence-corrected chi connectivity index (χ3v) is 5.14. The van der Waals surface area contributed by atoms with Gasteiger partial charge in [0, 0.05) is 5.54 Å². The summed E-state index contributed by atoms with van der Waals surface area (Å²) in [5.41, 5.74) is 0.110. The Morgan fingerprint density at radius 2 is 1.33 bits per heavy atom. The first-order chi connectivity index (χ1) is 10.8. The molecule has 148 valence electrons. The highest BCUT2D eigenvalue weighted by atomic mass is 32.2. The number of hydrogen-bond donors (Lipinski definition) is 2. The minimum absolute atomic E-state index is 0. The van der Waals surface area contributed by atoms with Crippen molar-refractivity contribution in [3.8, 4) is 0 Å². The average Bonchev–Trinajstić information content (AvgIpc) is 2.44. The van der Waals surface area contributed by atoms with Crippen molar-refractivity contribution in [1.29, 1.82) is 0 Å². The van der Waals surface area contributed by atoms with Crippen LogP contribution in [0.4, 0.5) is 0 Å². The highest BCUT2D eigenvalue weighted by molar-refractivity contribution is 7.85. The molecule has 5 nitrogen and oxygen atoms in total. The van der Waals surface area contributed by atoms with E-state index in [2.05, 4.69) is 26.1 Å². The van der Waals surface area contributed by atoms with Gasteiger partial charge < -0.3 is 10.8 Å². The van der Waals surface area contributed by atoms with E-state index < -0.39 is 10.1 Å². The summed E-state index contributed by atoms with van der Waals surface area (Å²) in [6.07, 6.45) is 14.6. The Morgan fingerprint density at radius 1 is 0.833 bits per heavy atom. The van der Waals surface area contributed by atoms with Gasteiger partial charge in [-0.05, 0) is 39.7 Å². The lowest BCUT2D eigenvalue weighted by molar-refractivity contribution is 0.344. The lowest BCUT2D eigenvalue weighted by Gasteiger charge is -2.26. The van der Waals surface area contributed by atoms with E-state index in [9.17, 15) is 8.42 Å². The van der Waals surface area contributed by atoms with Crippen LogP contribution in [-0.2, 0) is 10.1 Å². The molecule has 6 heteroatoms. The summed E-state index contributed by atoms with van der Waals surface area (Å²) >= 11 is 0. The molecule has 0 saturated carbocycles. The van der Waals surface area contributed by atoms with Crippen molar-refractivity contribution in [1.82, 2.24) is 5.32 Å². The molecule has 0 heterocycles. The second-order valence-corrected chi connectivity index (χ2v) is 8.95. The smallest absolute Gasteiger partial charge is 0.264 e. The molecule has 4 N–H and O–H groups in total. The van der Waals surface area contributed by atoms with Crippen LogP contribution in [0.25, 0.3) is 0 Å². The van der Waals surface area contributed by atoms with Crippen LogP contribution in [0.15, 0.2) is 0 Å². The fraction of sp³-hybridized carbons (Fsp3) is 1.00. The Kier molecular flexibility index (Phi) is 16.4. The Morgan fingerprint density at radius 3 is 1.83 bits per heavy atom. The maximum atomic E-state index is 10.6. The predicted octanol–water partition coefficient (Wildman–Crippen LogP) is 4.12. The van der Waals surface area contributed by atoms with Crippen LogP contribution >= 0.6 is 0 Å². The molecule has 0 aromatic rings. The zero-order chi connectivity index (χ0) is 17.6. The normalized spacial score (nSPS) is 12.2. The average molecular weight is 368 g/mol. The van der Waals surface area contributed by atoms with Gasteiger partial charge >= 0.3 is 0 Å². The zero-order valence-electron chi connectivity index (χ0n) is 16.1. The molecule has 0 aliphatic heterocycles. The van der Waals surface area contributed by atoms with Crippen LogP contribution in [0.2, 0.25) is 0 Å². The fourth-order valence-electron chi connectivity index (χ4n) is 2.80. The van der Waals surface area contributed by atoms with Crippen LogP contribution < -0.4 is 5.32 Å². The molecule has 0 spiro atoms. The molecule has 0 aliphatic carbocycles. The minimum atomic E-state index is -3.80. The molecule has 0 rings (SSSR count). The lowest BCUT2D eigenvalue weighted by atomic mass is 9.95. The molecule has 0 bridgehead atoms. The van der Waals surface area contributed by atoms with Gasteiger partial charge in [0.15, 0.2) is 0 Å². The van der Waals surface area contributed by atoms with E-state index in [4.69, 9.17) is 4.55 Å². The van der Waals surface area contributed by atoms with E-state index in [0.717, 1.165) is 19.4 Å². The molecule has 0 radical (unpaired) electrons. The summed E-state index contributed by atoms with van der Waals surface area (Å²) in [5.74, 6) is -0.132. The van der Waals surface area contributed by atoms with Crippen molar-refractivity contribution in [3.63, 3.8) is 0 Å². The summed E-state index contributed by atoms with van der Waals surface area (Å²) in [7, 11) is -3.80. The van der Waals surface area contributed by atoms with Gasteiger partial charge in [0.1, 0.15) is 0 Å². The van der Waals surface area contributed by atoms with E-state index in [1.165, 1.54) is 57.8 Å². The van der Waals surface area contributed by atoms with Gasteiger partial charge in [-0.2, -0.15) is 8.42 Å². The van der Waals surface area contributed by atoms with Crippen molar-refractivity contribution in [2.45, 2.75) is 103 Å². The molecular formula is C18H41NO4S. The maximum Gasteiger partial charge on any atom is 0.264 e. The quantitative estimate of drug-likeness (QED) is 0.317. The maximum absolute atomic E-state index is 10.6. The molecule has 0 aromatic carbocycles. The SMILES string of the molecule is CCCCCCCCCCCC(C)(C)NCCCCS(=O)(=O)O.O. The van der Waals surface area contributed by atoms with Crippen LogP contribution in [0.5, 0.6) is 0 Å². The lowest BCUT2D eigenvalue weighted by Crippen LogP contribution is -2.39. The van der Waals surface area contributed by atoms with E-state index in [1.807, 2.05) is 0 Å². The van der Waals surface area contributed by atoms with Gasteiger partial charge in [0.2, 0.25) is 0 Å². The molecule has 24 heavy (non-hydrogen) atoms. The van der Waals surface area contributed by atoms with Gasteiger partial charge in [-0.25, -0.2) is 0 Å². The Labute approximate surface area is 150 Å². The fourth-order valence-corrected chi connectivity index (χ4v) is 3.37. The van der Waals surface area contributed by atoms with E-state index in [-0.39, 0.29) is 16.8 Å². The first kappa shape index (κ1) is 26.1. The van der Waals surface area contributed by atoms with Crippen LogP contribution in [-0.4, -0.2) is 36.3 Å². The topological polar surface area (TPSA) is 97.9 Å². The van der Waals surface area contributed by atoms with Crippen molar-refractivity contribution in [3.05, 3.63) is 0 Å². The van der Waals surface area contributed by atoms with Crippen molar-refractivity contribution in [2.24, 2.45) is 0 Å². The van der Waals surface area contributed by atoms with E-state index in [1.54, 1.807) is 0 Å². The first-order valence-electron chi connectivity index (χ1n) is 9.47. The van der Waals surface area contributed by atoms with Crippen molar-refractivity contribution >= 4 is 10.1 Å². The van der Waals surface area contributed by atoms with E-state index in [0.29, 0.717) is 6.42 Å². The number of rotatable bonds is 16. The monoisotopic (exact) mass is 367 g/mol. The highest BCUT2D eigenvalue weighted by Gasteiger charge is 2.15. The largest absolute Gasteiger partial charge is 0.412 e. The minimum Gasteiger partial charge on any atom is -0.412 e. The van der Waals surface area contributed by atoms with Crippen LogP contribution in [0.1, 0.15) is 97.8 Å². The summed E-state index contributed by atoms with van der Waals surface area (Å²) < 4.78 is 29.9. The van der Waals surface area contributed by atoms with Crippen LogP contribution in [0.3, 0.4) is 0 Å². The molecule has 0 aromatic heterocycles. The second kappa shape index (κ2) is 15.1. The van der Waals surface area contributed by atoms with Crippen molar-refractivity contribution < 1.29 is 18.4 Å². The second-order valence-electron chi connectivity index (χ2n) is 7.38. The molecule has 0 fully saturated rings. The summed E-state index contributed by atoms with van der Waals surface area (Å²) in [6.45, 7) is 7.48. The number of nitrogens with one attached hydrogen (secondary N) is 1. The molecular weight excluding hydrogens is 326 g/mol. The van der Waals surface area contributed by atoms with Gasteiger partial charge in [-0.15, -0.1) is 0 Å². The first-order valence-corrected chi connectivity index (χ1v) is 11.1. The molecule has 0 saturated heterocycles. The number of unbranched alkanes of at least 4 members (excludes halogenated alkanes) is 9. The highest BCUT2D eigenvalue weighted by Crippen LogP contribution is 2.16. The van der Waals surface area contributed by atoms with E-state index >= 15 is 0 Å². The molecule has 0 aliphatic rings. The summed E-state index contributed by atoms with van der Waals surface area (Å²) in [6, 6.07) is 0. The third-order valence-electron chi connectivity index (χ3n) is 4.34. The standard InChI is InChI=1S/C18H39NO3S.H2O/c1-4-5-6-7-8-9-10-11-12-15-18(2,3)19-16-13-14-17-23(20,21)22;/h19H,4-17H2,1-3H3,(H,20,21,22);1H2. The van der Waals surface area contributed by atoms with Gasteiger partial charge in [0.05, 0.1) is 5.75 Å². The molecule has 0 unspecified atom stereocenters. The van der Waals surface area contributed by atoms with Gasteiger partial charge in [0.25, 0.3) is 10.1 Å². The third kappa shape index (κ3) is 19.9. The molecule has 0 atom stereocenters. The Bertz CT molecular complexity index is 369. The van der Waals surface area contributed by atoms with Crippen molar-refractivity contribution in [2.75, 3.05) is 12.3 Å². The summed E-state index contributed by atoms with van der Waals surface area (Å²) in [5, 5.41) is 3.49. The number of hydrogen-bond acceptors (Lipinski definition) is 3. The zero-order valence-corrected chi connectivity index (χ0v) is 16.9. The molecule has 0 amide bonds. The van der Waals surface area contributed by atoms with Gasteiger partial charge in [-0.3, -0.25) is 4.55 Å².